The van der Waals surface area contributed by atoms with Crippen LogP contribution in [-0.4, -0.2) is 40.5 Å². The highest BCUT2D eigenvalue weighted by atomic mass is 19.1. The number of carbonyl (C=O) groups is 1. The molecule has 1 aliphatic heterocycles. The summed E-state index contributed by atoms with van der Waals surface area (Å²) in [6, 6.07) is 7.07. The lowest BCUT2D eigenvalue weighted by Gasteiger charge is -2.38. The predicted molar refractivity (Wildman–Crippen MR) is 109 cm³/mol. The number of carbonyl (C=O) groups excluding carboxylic acids is 1. The monoisotopic (exact) mass is 399 g/mol. The second-order valence-corrected chi connectivity index (χ2v) is 8.48. The lowest BCUT2D eigenvalue weighted by atomic mass is 9.69. The summed E-state index contributed by atoms with van der Waals surface area (Å²) in [5.74, 6) is -0.399. The summed E-state index contributed by atoms with van der Waals surface area (Å²) in [5.41, 5.74) is 2.21. The normalized spacial score (nSPS) is 19.8. The molecule has 0 bridgehead atoms. The predicted octanol–water partition coefficient (Wildman–Crippen LogP) is 3.28. The minimum Gasteiger partial charge on any atom is -0.350 e. The molecule has 2 aliphatic rings. The Morgan fingerprint density at radius 3 is 2.59 bits per heavy atom. The van der Waals surface area contributed by atoms with Gasteiger partial charge >= 0.3 is 0 Å². The Hall–Kier alpha value is -2.28. The number of piperidine rings is 1. The van der Waals surface area contributed by atoms with Crippen molar-refractivity contribution in [2.45, 2.75) is 63.3 Å². The average Bonchev–Trinajstić information content (AvgIpc) is 3.15. The molecule has 2 N–H and O–H groups in total. The zero-order chi connectivity index (χ0) is 20.3. The van der Waals surface area contributed by atoms with Crippen LogP contribution in [0.3, 0.4) is 0 Å². The highest BCUT2D eigenvalue weighted by Gasteiger charge is 2.35. The van der Waals surface area contributed by atoms with Crippen molar-refractivity contribution in [1.29, 1.82) is 0 Å². The lowest BCUT2D eigenvalue weighted by Crippen LogP contribution is -2.42. The zero-order valence-corrected chi connectivity index (χ0v) is 17.1. The van der Waals surface area contributed by atoms with Crippen LogP contribution < -0.4 is 10.6 Å². The largest absolute Gasteiger partial charge is 0.350 e. The average molecular weight is 400 g/mol. The van der Waals surface area contributed by atoms with Gasteiger partial charge < -0.3 is 10.6 Å². The number of aromatic nitrogens is 3. The lowest BCUT2D eigenvalue weighted by molar-refractivity contribution is 0.0930. The van der Waals surface area contributed by atoms with Gasteiger partial charge in [0.1, 0.15) is 5.82 Å². The fourth-order valence-corrected chi connectivity index (χ4v) is 4.88. The summed E-state index contributed by atoms with van der Waals surface area (Å²) in [6.07, 6.45) is 7.45. The van der Waals surface area contributed by atoms with Crippen molar-refractivity contribution in [3.05, 3.63) is 47.0 Å². The van der Waals surface area contributed by atoms with Crippen molar-refractivity contribution in [3.8, 4) is 0 Å². The molecule has 7 heteroatoms. The van der Waals surface area contributed by atoms with Gasteiger partial charge in [0.25, 0.3) is 5.91 Å². The number of benzene rings is 1. The van der Waals surface area contributed by atoms with Crippen molar-refractivity contribution in [2.75, 3.05) is 19.6 Å². The first-order chi connectivity index (χ1) is 14.1. The van der Waals surface area contributed by atoms with Crippen molar-refractivity contribution >= 4 is 5.91 Å². The van der Waals surface area contributed by atoms with Crippen LogP contribution in [0.5, 0.6) is 0 Å². The van der Waals surface area contributed by atoms with E-state index in [0.717, 1.165) is 62.9 Å². The Morgan fingerprint density at radius 1 is 1.21 bits per heavy atom. The number of nitrogens with zero attached hydrogens (tertiary/aromatic N) is 3. The molecule has 1 saturated heterocycles. The number of hydrogen-bond donors (Lipinski definition) is 2. The third kappa shape index (κ3) is 4.20. The Labute approximate surface area is 171 Å². The molecule has 6 nitrogen and oxygen atoms in total. The molecule has 0 radical (unpaired) electrons. The first kappa shape index (κ1) is 20.0. The van der Waals surface area contributed by atoms with Gasteiger partial charge in [-0.15, -0.1) is 5.10 Å². The Morgan fingerprint density at radius 2 is 1.90 bits per heavy atom. The second-order valence-electron chi connectivity index (χ2n) is 8.48. The molecule has 0 spiro atoms. The van der Waals surface area contributed by atoms with Crippen LogP contribution in [0, 0.1) is 12.7 Å². The molecule has 29 heavy (non-hydrogen) atoms. The van der Waals surface area contributed by atoms with Crippen LogP contribution in [0.2, 0.25) is 0 Å². The molecule has 1 aromatic heterocycles. The van der Waals surface area contributed by atoms with E-state index in [1.54, 1.807) is 0 Å². The molecular formula is C22H30FN5O. The van der Waals surface area contributed by atoms with E-state index in [9.17, 15) is 9.18 Å². The third-order valence-corrected chi connectivity index (χ3v) is 6.65. The minimum atomic E-state index is -0.228. The number of rotatable bonds is 5. The van der Waals surface area contributed by atoms with Crippen LogP contribution in [0.4, 0.5) is 4.39 Å². The van der Waals surface area contributed by atoms with E-state index in [1.807, 2.05) is 23.7 Å². The topological polar surface area (TPSA) is 71.8 Å². The summed E-state index contributed by atoms with van der Waals surface area (Å²) in [7, 11) is 0. The van der Waals surface area contributed by atoms with Gasteiger partial charge in [0.05, 0.1) is 11.7 Å². The van der Waals surface area contributed by atoms with Crippen LogP contribution >= 0.6 is 0 Å². The van der Waals surface area contributed by atoms with Gasteiger partial charge in [-0.1, -0.05) is 36.6 Å². The summed E-state index contributed by atoms with van der Waals surface area (Å²) in [4.78, 5) is 12.9. The molecule has 2 fully saturated rings. The molecule has 4 rings (SSSR count). The van der Waals surface area contributed by atoms with Crippen molar-refractivity contribution < 1.29 is 9.18 Å². The maximum absolute atomic E-state index is 13.4. The molecule has 1 aromatic carbocycles. The molecule has 1 amide bonds. The highest BCUT2D eigenvalue weighted by Crippen LogP contribution is 2.39. The number of amides is 1. The SMILES string of the molecule is Cc1c(C(=O)NCC2(c3ccc(F)cc3)CCCCC2)nnn1C1CCNCC1. The quantitative estimate of drug-likeness (QED) is 0.809. The number of halogens is 1. The van der Waals surface area contributed by atoms with Gasteiger partial charge in [-0.05, 0) is 63.4 Å². The number of hydrogen-bond acceptors (Lipinski definition) is 4. The summed E-state index contributed by atoms with van der Waals surface area (Å²) >= 11 is 0. The van der Waals surface area contributed by atoms with Crippen molar-refractivity contribution in [2.24, 2.45) is 0 Å². The maximum atomic E-state index is 13.4. The van der Waals surface area contributed by atoms with Crippen LogP contribution in [-0.2, 0) is 5.41 Å². The molecule has 0 unspecified atom stereocenters. The van der Waals surface area contributed by atoms with E-state index in [-0.39, 0.29) is 17.1 Å². The van der Waals surface area contributed by atoms with Crippen LogP contribution in [0.1, 0.15) is 72.7 Å². The van der Waals surface area contributed by atoms with Gasteiger partial charge in [0, 0.05) is 12.0 Å². The van der Waals surface area contributed by atoms with E-state index < -0.39 is 0 Å². The molecule has 156 valence electrons. The summed E-state index contributed by atoms with van der Waals surface area (Å²) < 4.78 is 15.3. The van der Waals surface area contributed by atoms with Crippen LogP contribution in [0.25, 0.3) is 0 Å². The van der Waals surface area contributed by atoms with E-state index in [1.165, 1.54) is 18.6 Å². The van der Waals surface area contributed by atoms with Gasteiger partial charge in [0.15, 0.2) is 5.69 Å². The Bertz CT molecular complexity index is 835. The standard InChI is InChI=1S/C22H30FN5O/c1-16-20(26-27-28(16)19-9-13-24-14-10-19)21(29)25-15-22(11-3-2-4-12-22)17-5-7-18(23)8-6-17/h5-8,19,24H,2-4,9-15H2,1H3,(H,25,29). The van der Waals surface area contributed by atoms with E-state index in [2.05, 4.69) is 20.9 Å². The van der Waals surface area contributed by atoms with Crippen molar-refractivity contribution in [1.82, 2.24) is 25.6 Å². The number of nitrogens with one attached hydrogen (secondary N) is 2. The van der Waals surface area contributed by atoms with Gasteiger partial charge in [0.2, 0.25) is 0 Å². The maximum Gasteiger partial charge on any atom is 0.273 e. The molecule has 2 aromatic rings. The second kappa shape index (κ2) is 8.61. The molecule has 1 saturated carbocycles. The molecule has 1 aliphatic carbocycles. The van der Waals surface area contributed by atoms with Gasteiger partial charge in [-0.2, -0.15) is 0 Å². The van der Waals surface area contributed by atoms with Gasteiger partial charge in [-0.3, -0.25) is 4.79 Å². The van der Waals surface area contributed by atoms with E-state index >= 15 is 0 Å². The first-order valence-electron chi connectivity index (χ1n) is 10.8. The van der Waals surface area contributed by atoms with Crippen molar-refractivity contribution in [3.63, 3.8) is 0 Å². The summed E-state index contributed by atoms with van der Waals surface area (Å²) in [5, 5.41) is 14.9. The Kier molecular flexibility index (Phi) is 5.94. The molecule has 0 atom stereocenters. The van der Waals surface area contributed by atoms with Gasteiger partial charge in [-0.25, -0.2) is 9.07 Å². The fraction of sp³-hybridized carbons (Fsp3) is 0.591. The smallest absolute Gasteiger partial charge is 0.273 e. The van der Waals surface area contributed by atoms with Crippen LogP contribution in [0.15, 0.2) is 24.3 Å². The third-order valence-electron chi connectivity index (χ3n) is 6.65. The zero-order valence-electron chi connectivity index (χ0n) is 17.1. The summed E-state index contributed by atoms with van der Waals surface area (Å²) in [6.45, 7) is 4.39. The first-order valence-corrected chi connectivity index (χ1v) is 10.8. The van der Waals surface area contributed by atoms with E-state index in [4.69, 9.17) is 0 Å². The van der Waals surface area contributed by atoms with E-state index in [0.29, 0.717) is 18.3 Å². The molecular weight excluding hydrogens is 369 g/mol. The highest BCUT2D eigenvalue weighted by molar-refractivity contribution is 5.93. The fourth-order valence-electron chi connectivity index (χ4n) is 4.88. The minimum absolute atomic E-state index is 0.138. The molecule has 2 heterocycles. The Balaban J connectivity index is 1.48.